The number of hydrogen-bond donors (Lipinski definition) is 0. The summed E-state index contributed by atoms with van der Waals surface area (Å²) in [6.45, 7) is 1.03. The Hall–Kier alpha value is -0.920. The van der Waals surface area contributed by atoms with Gasteiger partial charge in [0.2, 0.25) is 9.84 Å². The molecule has 0 radical (unpaired) electrons. The first-order valence-electron chi connectivity index (χ1n) is 5.86. The van der Waals surface area contributed by atoms with Gasteiger partial charge in [-0.25, -0.2) is 8.42 Å². The van der Waals surface area contributed by atoms with Crippen LogP contribution < -0.4 is 4.90 Å². The molecule has 0 aliphatic rings. The lowest BCUT2D eigenvalue weighted by Crippen LogP contribution is -2.31. The Kier molecular flexibility index (Phi) is 6.64. The number of para-hydroxylation sites is 1. The fraction of sp³-hybridized carbons (Fsp3) is 0.500. The minimum atomic E-state index is -4.65. The minimum Gasteiger partial charge on any atom is -0.383 e. The Balaban J connectivity index is 3.22. The Labute approximate surface area is 122 Å². The second-order valence-corrected chi connectivity index (χ2v) is 6.21. The number of nitrogens with zero attached hydrogens (tertiary/aromatic N) is 1. The highest BCUT2D eigenvalue weighted by molar-refractivity contribution is 7.91. The summed E-state index contributed by atoms with van der Waals surface area (Å²) in [5.74, 6) is -3.21. The van der Waals surface area contributed by atoms with Crippen LogP contribution in [0, 0.1) is 0 Å². The Bertz CT molecular complexity index is 525. The number of rotatable bonds is 8. The molecule has 1 aromatic rings. The van der Waals surface area contributed by atoms with Crippen molar-refractivity contribution in [1.29, 1.82) is 0 Å². The molecule has 0 fully saturated rings. The molecule has 0 bridgehead atoms. The number of hydrogen-bond acceptors (Lipinski definition) is 4. The van der Waals surface area contributed by atoms with E-state index in [1.54, 1.807) is 11.0 Å². The van der Waals surface area contributed by atoms with Gasteiger partial charge >= 0.3 is 5.76 Å². The molecule has 0 amide bonds. The van der Waals surface area contributed by atoms with Gasteiger partial charge in [0.15, 0.2) is 0 Å². The van der Waals surface area contributed by atoms with Gasteiger partial charge in [-0.3, -0.25) is 0 Å². The summed E-state index contributed by atoms with van der Waals surface area (Å²) in [4.78, 5) is 1.22. The maximum Gasteiger partial charge on any atom is 0.341 e. The zero-order valence-electron chi connectivity index (χ0n) is 10.9. The van der Waals surface area contributed by atoms with Gasteiger partial charge in [0.1, 0.15) is 0 Å². The van der Waals surface area contributed by atoms with Crippen molar-refractivity contribution in [3.05, 3.63) is 24.3 Å². The summed E-state index contributed by atoms with van der Waals surface area (Å²) in [7, 11) is -3.15. The van der Waals surface area contributed by atoms with Crippen LogP contribution in [0.3, 0.4) is 0 Å². The molecule has 0 atom stereocenters. The Morgan fingerprint density at radius 3 is 2.50 bits per heavy atom. The number of ether oxygens (including phenoxy) is 1. The first-order valence-corrected chi connectivity index (χ1v) is 7.94. The normalized spacial score (nSPS) is 11.8. The largest absolute Gasteiger partial charge is 0.383 e. The van der Waals surface area contributed by atoms with Gasteiger partial charge in [-0.05, 0) is 12.1 Å². The van der Waals surface area contributed by atoms with Crippen molar-refractivity contribution >= 4 is 27.1 Å². The monoisotopic (exact) mass is 327 g/mol. The molecule has 1 aromatic carbocycles. The molecule has 0 saturated carbocycles. The average Bonchev–Trinajstić information content (AvgIpc) is 2.43. The van der Waals surface area contributed by atoms with Crippen LogP contribution in [-0.4, -0.2) is 46.9 Å². The summed E-state index contributed by atoms with van der Waals surface area (Å²) in [6.07, 6.45) is 0. The minimum absolute atomic E-state index is 0.213. The van der Waals surface area contributed by atoms with E-state index in [0.717, 1.165) is 0 Å². The lowest BCUT2D eigenvalue weighted by Gasteiger charge is -2.25. The van der Waals surface area contributed by atoms with Crippen molar-refractivity contribution in [2.24, 2.45) is 0 Å². The predicted molar refractivity (Wildman–Crippen MR) is 74.4 cm³/mol. The molecule has 0 aromatic heterocycles. The molecule has 0 heterocycles. The van der Waals surface area contributed by atoms with Crippen molar-refractivity contribution in [1.82, 2.24) is 0 Å². The van der Waals surface area contributed by atoms with E-state index in [2.05, 4.69) is 0 Å². The molecule has 0 unspecified atom stereocenters. The third-order valence-corrected chi connectivity index (χ3v) is 4.26. The smallest absolute Gasteiger partial charge is 0.341 e. The number of halogens is 3. The number of alkyl halides is 3. The van der Waals surface area contributed by atoms with E-state index in [0.29, 0.717) is 19.7 Å². The van der Waals surface area contributed by atoms with Crippen molar-refractivity contribution in [2.45, 2.75) is 10.7 Å². The van der Waals surface area contributed by atoms with Gasteiger partial charge < -0.3 is 9.64 Å². The highest BCUT2D eigenvalue weighted by atomic mass is 35.5. The number of benzene rings is 1. The van der Waals surface area contributed by atoms with Gasteiger partial charge in [0, 0.05) is 26.1 Å². The zero-order valence-corrected chi connectivity index (χ0v) is 12.5. The summed E-state index contributed by atoms with van der Waals surface area (Å²) >= 11 is 5.67. The molecule has 1 rings (SSSR count). The van der Waals surface area contributed by atoms with E-state index < -0.39 is 20.5 Å². The van der Waals surface area contributed by atoms with E-state index in [-0.39, 0.29) is 11.6 Å². The van der Waals surface area contributed by atoms with Gasteiger partial charge in [-0.15, -0.1) is 11.6 Å². The summed E-state index contributed by atoms with van der Waals surface area (Å²) in [5.41, 5.74) is 0.213. The van der Waals surface area contributed by atoms with Crippen LogP contribution in [0.2, 0.25) is 0 Å². The van der Waals surface area contributed by atoms with Gasteiger partial charge in [-0.2, -0.15) is 8.78 Å². The van der Waals surface area contributed by atoms with Crippen LogP contribution in [0.15, 0.2) is 29.2 Å². The molecule has 0 aliphatic heterocycles. The second-order valence-electron chi connectivity index (χ2n) is 3.94. The average molecular weight is 328 g/mol. The molecule has 0 spiro atoms. The van der Waals surface area contributed by atoms with Crippen LogP contribution in [0.4, 0.5) is 14.5 Å². The Morgan fingerprint density at radius 2 is 1.95 bits per heavy atom. The SMILES string of the molecule is COCCN(CCCl)c1ccccc1S(=O)(=O)C(F)F. The van der Waals surface area contributed by atoms with Crippen LogP contribution in [-0.2, 0) is 14.6 Å². The van der Waals surface area contributed by atoms with Crippen LogP contribution in [0.5, 0.6) is 0 Å². The van der Waals surface area contributed by atoms with E-state index in [1.165, 1.54) is 25.3 Å². The van der Waals surface area contributed by atoms with Crippen molar-refractivity contribution < 1.29 is 21.9 Å². The lowest BCUT2D eigenvalue weighted by atomic mass is 10.3. The van der Waals surface area contributed by atoms with Crippen LogP contribution in [0.1, 0.15) is 0 Å². The summed E-state index contributed by atoms with van der Waals surface area (Å²) in [5, 5.41) is 0. The summed E-state index contributed by atoms with van der Waals surface area (Å²) < 4.78 is 53.8. The number of anilines is 1. The molecule has 0 saturated heterocycles. The van der Waals surface area contributed by atoms with Gasteiger partial charge in [0.25, 0.3) is 0 Å². The molecule has 114 valence electrons. The fourth-order valence-corrected chi connectivity index (χ4v) is 2.86. The molecule has 4 nitrogen and oxygen atoms in total. The number of sulfone groups is 1. The number of methoxy groups -OCH3 is 1. The standard InChI is InChI=1S/C12H16ClF2NO3S/c1-19-9-8-16(7-6-13)10-4-2-3-5-11(10)20(17,18)12(14)15/h2-5,12H,6-9H2,1H3. The van der Waals surface area contributed by atoms with E-state index in [1.807, 2.05) is 0 Å². The predicted octanol–water partition coefficient (Wildman–Crippen LogP) is 2.37. The van der Waals surface area contributed by atoms with Gasteiger partial charge in [0.05, 0.1) is 17.2 Å². The molecular weight excluding hydrogens is 312 g/mol. The van der Waals surface area contributed by atoms with Gasteiger partial charge in [-0.1, -0.05) is 12.1 Å². The summed E-state index contributed by atoms with van der Waals surface area (Å²) in [6, 6.07) is 5.66. The molecule has 8 heteroatoms. The van der Waals surface area contributed by atoms with Crippen LogP contribution in [0.25, 0.3) is 0 Å². The molecule has 20 heavy (non-hydrogen) atoms. The fourth-order valence-electron chi connectivity index (χ4n) is 1.71. The van der Waals surface area contributed by atoms with Crippen molar-refractivity contribution in [3.63, 3.8) is 0 Å². The maximum atomic E-state index is 12.7. The van der Waals surface area contributed by atoms with E-state index >= 15 is 0 Å². The highest BCUT2D eigenvalue weighted by Gasteiger charge is 2.30. The lowest BCUT2D eigenvalue weighted by molar-refractivity contribution is 0.205. The van der Waals surface area contributed by atoms with Crippen LogP contribution >= 0.6 is 11.6 Å². The zero-order chi connectivity index (χ0) is 15.2. The first kappa shape index (κ1) is 17.1. The molecule has 0 N–H and O–H groups in total. The van der Waals surface area contributed by atoms with Crippen molar-refractivity contribution in [2.75, 3.05) is 37.6 Å². The third-order valence-electron chi connectivity index (χ3n) is 2.67. The molecular formula is C12H16ClF2NO3S. The quantitative estimate of drug-likeness (QED) is 0.688. The highest BCUT2D eigenvalue weighted by Crippen LogP contribution is 2.29. The Morgan fingerprint density at radius 1 is 1.30 bits per heavy atom. The second kappa shape index (κ2) is 7.75. The third kappa shape index (κ3) is 4.04. The van der Waals surface area contributed by atoms with E-state index in [4.69, 9.17) is 16.3 Å². The van der Waals surface area contributed by atoms with Crippen molar-refractivity contribution in [3.8, 4) is 0 Å². The maximum absolute atomic E-state index is 12.7. The van der Waals surface area contributed by atoms with E-state index in [9.17, 15) is 17.2 Å². The molecule has 0 aliphatic carbocycles. The topological polar surface area (TPSA) is 46.6 Å². The first-order chi connectivity index (χ1) is 9.45.